The predicted molar refractivity (Wildman–Crippen MR) is 82.1 cm³/mol. The van der Waals surface area contributed by atoms with Gasteiger partial charge in [0, 0.05) is 5.56 Å². The van der Waals surface area contributed by atoms with Gasteiger partial charge >= 0.3 is 0 Å². The highest BCUT2D eigenvalue weighted by molar-refractivity contribution is 5.45. The first kappa shape index (κ1) is 14.6. The molecule has 106 valence electrons. The van der Waals surface area contributed by atoms with Crippen molar-refractivity contribution in [1.82, 2.24) is 0 Å². The van der Waals surface area contributed by atoms with Gasteiger partial charge in [-0.3, -0.25) is 0 Å². The average Bonchev–Trinajstić information content (AvgIpc) is 2.47. The number of hydrogen-bond donors (Lipinski definition) is 1. The van der Waals surface area contributed by atoms with Crippen molar-refractivity contribution in [2.45, 2.75) is 33.3 Å². The topological polar surface area (TPSA) is 29.5 Å². The Morgan fingerprint density at radius 3 is 2.45 bits per heavy atom. The van der Waals surface area contributed by atoms with Gasteiger partial charge in [0.1, 0.15) is 5.75 Å². The van der Waals surface area contributed by atoms with Gasteiger partial charge in [-0.2, -0.15) is 0 Å². The molecule has 2 aromatic carbocycles. The second kappa shape index (κ2) is 7.11. The molecule has 0 bridgehead atoms. The minimum absolute atomic E-state index is 0.0164. The molecule has 0 heterocycles. The SMILES string of the molecule is CCCOc1c(C)cc(Cc2ccccc2)cc1CO. The van der Waals surface area contributed by atoms with Crippen molar-refractivity contribution in [2.24, 2.45) is 0 Å². The van der Waals surface area contributed by atoms with Gasteiger partial charge in [-0.15, -0.1) is 0 Å². The van der Waals surface area contributed by atoms with Gasteiger partial charge in [-0.25, -0.2) is 0 Å². The zero-order chi connectivity index (χ0) is 14.4. The summed E-state index contributed by atoms with van der Waals surface area (Å²) in [5, 5.41) is 9.55. The standard InChI is InChI=1S/C18H22O2/c1-3-9-20-18-14(2)10-16(12-17(18)13-19)11-15-7-5-4-6-8-15/h4-8,10,12,19H,3,9,11,13H2,1-2H3. The van der Waals surface area contributed by atoms with Crippen molar-refractivity contribution in [3.8, 4) is 5.75 Å². The van der Waals surface area contributed by atoms with Gasteiger partial charge in [0.05, 0.1) is 13.2 Å². The van der Waals surface area contributed by atoms with Gasteiger partial charge in [0.25, 0.3) is 0 Å². The molecule has 0 aliphatic carbocycles. The van der Waals surface area contributed by atoms with E-state index in [0.29, 0.717) is 6.61 Å². The van der Waals surface area contributed by atoms with E-state index in [2.05, 4.69) is 25.1 Å². The second-order valence-electron chi connectivity index (χ2n) is 5.07. The summed E-state index contributed by atoms with van der Waals surface area (Å²) in [6, 6.07) is 14.6. The summed E-state index contributed by atoms with van der Waals surface area (Å²) >= 11 is 0. The quantitative estimate of drug-likeness (QED) is 0.863. The second-order valence-corrected chi connectivity index (χ2v) is 5.07. The molecule has 0 unspecified atom stereocenters. The average molecular weight is 270 g/mol. The summed E-state index contributed by atoms with van der Waals surface area (Å²) in [6.07, 6.45) is 1.85. The predicted octanol–water partition coefficient (Wildman–Crippen LogP) is 3.87. The molecule has 0 amide bonds. The molecule has 1 N–H and O–H groups in total. The number of hydrogen-bond acceptors (Lipinski definition) is 2. The Balaban J connectivity index is 2.25. The Labute approximate surface area is 121 Å². The zero-order valence-electron chi connectivity index (χ0n) is 12.2. The van der Waals surface area contributed by atoms with Gasteiger partial charge in [0.2, 0.25) is 0 Å². The van der Waals surface area contributed by atoms with Crippen LogP contribution >= 0.6 is 0 Å². The lowest BCUT2D eigenvalue weighted by Crippen LogP contribution is -2.03. The summed E-state index contributed by atoms with van der Waals surface area (Å²) in [5.41, 5.74) is 4.46. The number of aliphatic hydroxyl groups excluding tert-OH is 1. The highest BCUT2D eigenvalue weighted by Gasteiger charge is 2.09. The van der Waals surface area contributed by atoms with E-state index < -0.39 is 0 Å². The lowest BCUT2D eigenvalue weighted by Gasteiger charge is -2.15. The van der Waals surface area contributed by atoms with Crippen LogP contribution in [0.3, 0.4) is 0 Å². The van der Waals surface area contributed by atoms with Crippen molar-refractivity contribution in [2.75, 3.05) is 6.61 Å². The third-order valence-electron chi connectivity index (χ3n) is 3.28. The summed E-state index contributed by atoms with van der Waals surface area (Å²) in [5.74, 6) is 0.839. The summed E-state index contributed by atoms with van der Waals surface area (Å²) in [6.45, 7) is 4.82. The minimum atomic E-state index is 0.0164. The molecular formula is C18H22O2. The van der Waals surface area contributed by atoms with Crippen LogP contribution < -0.4 is 4.74 Å². The van der Waals surface area contributed by atoms with Gasteiger partial charge in [-0.05, 0) is 42.5 Å². The van der Waals surface area contributed by atoms with Crippen LogP contribution in [0.2, 0.25) is 0 Å². The van der Waals surface area contributed by atoms with Gasteiger partial charge in [-0.1, -0.05) is 43.3 Å². The van der Waals surface area contributed by atoms with Gasteiger partial charge < -0.3 is 9.84 Å². The molecule has 2 aromatic rings. The lowest BCUT2D eigenvalue weighted by atomic mass is 9.99. The molecule has 0 atom stereocenters. The molecule has 20 heavy (non-hydrogen) atoms. The third kappa shape index (κ3) is 3.61. The summed E-state index contributed by atoms with van der Waals surface area (Å²) in [7, 11) is 0. The summed E-state index contributed by atoms with van der Waals surface area (Å²) in [4.78, 5) is 0. The number of ether oxygens (including phenoxy) is 1. The van der Waals surface area contributed by atoms with Crippen molar-refractivity contribution in [1.29, 1.82) is 0 Å². The molecular weight excluding hydrogens is 248 g/mol. The molecule has 0 aliphatic rings. The van der Waals surface area contributed by atoms with Crippen molar-refractivity contribution >= 4 is 0 Å². The van der Waals surface area contributed by atoms with Crippen molar-refractivity contribution < 1.29 is 9.84 Å². The van der Waals surface area contributed by atoms with E-state index in [-0.39, 0.29) is 6.61 Å². The Bertz CT molecular complexity index is 547. The Morgan fingerprint density at radius 2 is 1.80 bits per heavy atom. The Kier molecular flexibility index (Phi) is 5.19. The normalized spacial score (nSPS) is 10.6. The highest BCUT2D eigenvalue weighted by Crippen LogP contribution is 2.27. The molecule has 0 saturated heterocycles. The largest absolute Gasteiger partial charge is 0.493 e. The van der Waals surface area contributed by atoms with Gasteiger partial charge in [0.15, 0.2) is 0 Å². The van der Waals surface area contributed by atoms with E-state index in [4.69, 9.17) is 4.74 Å². The first-order valence-electron chi connectivity index (χ1n) is 7.14. The maximum Gasteiger partial charge on any atom is 0.127 e. The first-order chi connectivity index (χ1) is 9.74. The van der Waals surface area contributed by atoms with Crippen molar-refractivity contribution in [3.63, 3.8) is 0 Å². The molecule has 0 saturated carbocycles. The molecule has 0 fully saturated rings. The monoisotopic (exact) mass is 270 g/mol. The van der Waals surface area contributed by atoms with Crippen LogP contribution in [0.15, 0.2) is 42.5 Å². The molecule has 2 heteroatoms. The summed E-state index contributed by atoms with van der Waals surface area (Å²) < 4.78 is 5.75. The van der Waals surface area contributed by atoms with Crippen LogP contribution in [0.5, 0.6) is 5.75 Å². The van der Waals surface area contributed by atoms with E-state index in [9.17, 15) is 5.11 Å². The third-order valence-corrected chi connectivity index (χ3v) is 3.28. The van der Waals surface area contributed by atoms with Crippen molar-refractivity contribution in [3.05, 3.63) is 64.7 Å². The minimum Gasteiger partial charge on any atom is -0.493 e. The number of rotatable bonds is 6. The number of benzene rings is 2. The maximum atomic E-state index is 9.55. The fourth-order valence-corrected chi connectivity index (χ4v) is 2.39. The van der Waals surface area contributed by atoms with Crippen LogP contribution in [0.4, 0.5) is 0 Å². The lowest BCUT2D eigenvalue weighted by molar-refractivity contribution is 0.262. The van der Waals surface area contributed by atoms with E-state index in [1.54, 1.807) is 0 Å². The van der Waals surface area contributed by atoms with Crippen LogP contribution in [0, 0.1) is 6.92 Å². The molecule has 2 rings (SSSR count). The van der Waals surface area contributed by atoms with Crippen LogP contribution in [0.25, 0.3) is 0 Å². The van der Waals surface area contributed by atoms with Crippen LogP contribution in [0.1, 0.15) is 35.6 Å². The van der Waals surface area contributed by atoms with E-state index in [1.165, 1.54) is 11.1 Å². The zero-order valence-corrected chi connectivity index (χ0v) is 12.2. The molecule has 0 spiro atoms. The first-order valence-corrected chi connectivity index (χ1v) is 7.14. The Hall–Kier alpha value is -1.80. The molecule has 2 nitrogen and oxygen atoms in total. The fraction of sp³-hybridized carbons (Fsp3) is 0.333. The Morgan fingerprint density at radius 1 is 1.05 bits per heavy atom. The smallest absolute Gasteiger partial charge is 0.127 e. The molecule has 0 aromatic heterocycles. The molecule has 0 radical (unpaired) electrons. The number of aryl methyl sites for hydroxylation is 1. The van der Waals surface area contributed by atoms with E-state index >= 15 is 0 Å². The van der Waals surface area contributed by atoms with E-state index in [1.807, 2.05) is 31.2 Å². The fourth-order valence-electron chi connectivity index (χ4n) is 2.39. The van der Waals surface area contributed by atoms with Crippen LogP contribution in [-0.4, -0.2) is 11.7 Å². The highest BCUT2D eigenvalue weighted by atomic mass is 16.5. The van der Waals surface area contributed by atoms with E-state index in [0.717, 1.165) is 29.7 Å². The van der Waals surface area contributed by atoms with Crippen LogP contribution in [-0.2, 0) is 13.0 Å². The number of aliphatic hydroxyl groups is 1. The maximum absolute atomic E-state index is 9.55. The molecule has 0 aliphatic heterocycles.